The number of aromatic nitrogens is 4. The lowest BCUT2D eigenvalue weighted by Crippen LogP contribution is -2.50. The number of methoxy groups -OCH3 is 1. The molecule has 0 radical (unpaired) electrons. The second-order valence-electron chi connectivity index (χ2n) is 9.61. The van der Waals surface area contributed by atoms with E-state index in [4.69, 9.17) is 14.4 Å². The molecule has 1 saturated heterocycles. The van der Waals surface area contributed by atoms with Crippen molar-refractivity contribution in [1.29, 1.82) is 0 Å². The second-order valence-corrected chi connectivity index (χ2v) is 9.61. The number of nitrogens with zero attached hydrogens (tertiary/aromatic N) is 5. The fourth-order valence-corrected chi connectivity index (χ4v) is 4.94. The van der Waals surface area contributed by atoms with Crippen LogP contribution in [0, 0.1) is 6.92 Å². The summed E-state index contributed by atoms with van der Waals surface area (Å²) < 4.78 is 13.3. The maximum absolute atomic E-state index is 9.59. The van der Waals surface area contributed by atoms with Gasteiger partial charge in [-0.1, -0.05) is 41.6 Å². The van der Waals surface area contributed by atoms with Gasteiger partial charge in [-0.25, -0.2) is 0 Å². The first-order valence-corrected chi connectivity index (χ1v) is 12.1. The Balaban J connectivity index is 1.18. The number of anilines is 1. The summed E-state index contributed by atoms with van der Waals surface area (Å²) in [5.41, 5.74) is 5.90. The van der Waals surface area contributed by atoms with Crippen LogP contribution in [-0.2, 0) is 16.9 Å². The van der Waals surface area contributed by atoms with Crippen LogP contribution in [0.3, 0.4) is 0 Å². The Morgan fingerprint density at radius 3 is 2.60 bits per heavy atom. The van der Waals surface area contributed by atoms with Gasteiger partial charge in [-0.2, -0.15) is 10.1 Å². The van der Waals surface area contributed by atoms with Crippen molar-refractivity contribution in [2.45, 2.75) is 44.4 Å². The molecule has 8 nitrogen and oxygen atoms in total. The molecule has 2 aromatic carbocycles. The normalized spacial score (nSPS) is 17.3. The van der Waals surface area contributed by atoms with E-state index in [9.17, 15) is 5.11 Å². The zero-order valence-electron chi connectivity index (χ0n) is 20.0. The Morgan fingerprint density at radius 2 is 1.91 bits per heavy atom. The summed E-state index contributed by atoms with van der Waals surface area (Å²) in [5.74, 6) is 0.949. The Bertz CT molecular complexity index is 1330. The summed E-state index contributed by atoms with van der Waals surface area (Å²) in [6, 6.07) is 18.6. The van der Waals surface area contributed by atoms with E-state index >= 15 is 0 Å². The van der Waals surface area contributed by atoms with Gasteiger partial charge in [0, 0.05) is 37.1 Å². The summed E-state index contributed by atoms with van der Waals surface area (Å²) >= 11 is 0. The lowest BCUT2D eigenvalue weighted by Gasteiger charge is -2.41. The van der Waals surface area contributed by atoms with Crippen LogP contribution in [0.25, 0.3) is 23.0 Å². The zero-order valence-corrected chi connectivity index (χ0v) is 20.0. The Morgan fingerprint density at radius 1 is 1.11 bits per heavy atom. The molecule has 35 heavy (non-hydrogen) atoms. The van der Waals surface area contributed by atoms with E-state index in [0.29, 0.717) is 37.0 Å². The minimum atomic E-state index is -0.225. The van der Waals surface area contributed by atoms with Crippen LogP contribution in [0.15, 0.2) is 59.1 Å². The molecule has 1 saturated carbocycles. The molecule has 0 unspecified atom stereocenters. The SMILES string of the molecule is COC1(c2ccc(-c3noc(-c4cc(C)n(Cc5cccc(N6CC(O)C6)c5)n4)n3)cc2)CCC1. The molecule has 2 aliphatic rings. The van der Waals surface area contributed by atoms with Crippen LogP contribution in [0.2, 0.25) is 0 Å². The van der Waals surface area contributed by atoms with Gasteiger partial charge >= 0.3 is 0 Å². The molecular weight excluding hydrogens is 442 g/mol. The van der Waals surface area contributed by atoms with Crippen molar-refractivity contribution in [1.82, 2.24) is 19.9 Å². The molecule has 8 heteroatoms. The van der Waals surface area contributed by atoms with Crippen LogP contribution < -0.4 is 4.90 Å². The van der Waals surface area contributed by atoms with Crippen LogP contribution in [0.5, 0.6) is 0 Å². The summed E-state index contributed by atoms with van der Waals surface area (Å²) in [7, 11) is 1.79. The van der Waals surface area contributed by atoms with Gasteiger partial charge in [0.1, 0.15) is 0 Å². The first kappa shape index (κ1) is 22.0. The largest absolute Gasteiger partial charge is 0.389 e. The molecule has 0 amide bonds. The van der Waals surface area contributed by atoms with Crippen LogP contribution >= 0.6 is 0 Å². The minimum absolute atomic E-state index is 0.138. The van der Waals surface area contributed by atoms with Crippen LogP contribution in [-0.4, -0.2) is 51.3 Å². The van der Waals surface area contributed by atoms with Gasteiger partial charge in [0.05, 0.1) is 18.2 Å². The van der Waals surface area contributed by atoms with E-state index < -0.39 is 0 Å². The van der Waals surface area contributed by atoms with E-state index in [1.54, 1.807) is 7.11 Å². The number of β-amino-alcohol motifs (C(OH)–C–C–N with tert-alkyl or cyclic N) is 1. The van der Waals surface area contributed by atoms with Gasteiger partial charge in [0.25, 0.3) is 5.89 Å². The Kier molecular flexibility index (Phi) is 5.42. The number of aliphatic hydroxyl groups is 1. The van der Waals surface area contributed by atoms with E-state index in [1.165, 1.54) is 12.0 Å². The monoisotopic (exact) mass is 471 g/mol. The smallest absolute Gasteiger partial charge is 0.278 e. The zero-order chi connectivity index (χ0) is 24.0. The quantitative estimate of drug-likeness (QED) is 0.433. The van der Waals surface area contributed by atoms with Gasteiger partial charge in [-0.15, -0.1) is 0 Å². The maximum Gasteiger partial charge on any atom is 0.278 e. The molecule has 1 N–H and O–H groups in total. The number of ether oxygens (including phenoxy) is 1. The average Bonchev–Trinajstić information content (AvgIpc) is 3.45. The van der Waals surface area contributed by atoms with Crippen molar-refractivity contribution >= 4 is 5.69 Å². The second kappa shape index (κ2) is 8.62. The van der Waals surface area contributed by atoms with Gasteiger partial charge in [-0.3, -0.25) is 4.68 Å². The predicted octanol–water partition coefficient (Wildman–Crippen LogP) is 4.16. The molecule has 180 valence electrons. The summed E-state index contributed by atoms with van der Waals surface area (Å²) in [5, 5.41) is 18.5. The van der Waals surface area contributed by atoms with Crippen LogP contribution in [0.1, 0.15) is 36.1 Å². The molecule has 6 rings (SSSR count). The summed E-state index contributed by atoms with van der Waals surface area (Å²) in [4.78, 5) is 6.78. The molecule has 0 spiro atoms. The Hall–Kier alpha value is -3.49. The van der Waals surface area contributed by atoms with E-state index in [2.05, 4.69) is 45.4 Å². The number of aryl methyl sites for hydroxylation is 1. The molecule has 4 aromatic rings. The standard InChI is InChI=1S/C27H29N5O3/c1-18-13-24(29-32(18)15-19-5-3-6-22(14-19)31-16-23(33)17-31)26-28-25(30-35-26)20-7-9-21(10-8-20)27(34-2)11-4-12-27/h3,5-10,13-14,23,33H,4,11-12,15-17H2,1-2H3. The number of hydrogen-bond donors (Lipinski definition) is 1. The highest BCUT2D eigenvalue weighted by Crippen LogP contribution is 2.44. The van der Waals surface area contributed by atoms with Gasteiger partial charge < -0.3 is 19.3 Å². The molecule has 2 fully saturated rings. The highest BCUT2D eigenvalue weighted by molar-refractivity contribution is 5.59. The van der Waals surface area contributed by atoms with Crippen molar-refractivity contribution in [3.63, 3.8) is 0 Å². The minimum Gasteiger partial charge on any atom is -0.389 e. The van der Waals surface area contributed by atoms with Crippen molar-refractivity contribution in [2.24, 2.45) is 0 Å². The van der Waals surface area contributed by atoms with Crippen molar-refractivity contribution in [3.8, 4) is 23.0 Å². The lowest BCUT2D eigenvalue weighted by atomic mass is 9.75. The number of aliphatic hydroxyl groups excluding tert-OH is 1. The highest BCUT2D eigenvalue weighted by Gasteiger charge is 2.38. The summed E-state index contributed by atoms with van der Waals surface area (Å²) in [6.07, 6.45) is 3.09. The van der Waals surface area contributed by atoms with Crippen molar-refractivity contribution in [3.05, 3.63) is 71.4 Å². The third-order valence-electron chi connectivity index (χ3n) is 7.32. The number of rotatable bonds is 7. The third-order valence-corrected chi connectivity index (χ3v) is 7.32. The average molecular weight is 472 g/mol. The first-order chi connectivity index (χ1) is 17.0. The van der Waals surface area contributed by atoms with Crippen molar-refractivity contribution < 1.29 is 14.4 Å². The molecule has 0 atom stereocenters. The van der Waals surface area contributed by atoms with E-state index in [1.807, 2.05) is 35.9 Å². The van der Waals surface area contributed by atoms with E-state index in [0.717, 1.165) is 35.3 Å². The topological polar surface area (TPSA) is 89.4 Å². The molecule has 1 aliphatic carbocycles. The van der Waals surface area contributed by atoms with Gasteiger partial charge in [0.2, 0.25) is 5.82 Å². The highest BCUT2D eigenvalue weighted by atomic mass is 16.5. The molecular formula is C27H29N5O3. The van der Waals surface area contributed by atoms with Gasteiger partial charge in [0.15, 0.2) is 5.69 Å². The predicted molar refractivity (Wildman–Crippen MR) is 132 cm³/mol. The maximum atomic E-state index is 9.59. The lowest BCUT2D eigenvalue weighted by molar-refractivity contribution is -0.0778. The first-order valence-electron chi connectivity index (χ1n) is 12.1. The molecule has 1 aliphatic heterocycles. The Labute approximate surface area is 204 Å². The molecule has 0 bridgehead atoms. The number of benzene rings is 2. The third kappa shape index (κ3) is 4.02. The van der Waals surface area contributed by atoms with Crippen LogP contribution in [0.4, 0.5) is 5.69 Å². The fraction of sp³-hybridized carbons (Fsp3) is 0.370. The van der Waals surface area contributed by atoms with Gasteiger partial charge in [-0.05, 0) is 55.5 Å². The fourth-order valence-electron chi connectivity index (χ4n) is 4.94. The molecule has 2 aromatic heterocycles. The summed E-state index contributed by atoms with van der Waals surface area (Å²) in [6.45, 7) is 4.03. The number of hydrogen-bond acceptors (Lipinski definition) is 7. The van der Waals surface area contributed by atoms with Crippen molar-refractivity contribution in [2.75, 3.05) is 25.1 Å². The molecule has 3 heterocycles. The van der Waals surface area contributed by atoms with E-state index in [-0.39, 0.29) is 11.7 Å².